The van der Waals surface area contributed by atoms with Crippen LogP contribution in [-0.2, 0) is 0 Å². The molecule has 0 bridgehead atoms. The van der Waals surface area contributed by atoms with Gasteiger partial charge in [0, 0.05) is 39.0 Å². The first-order valence-electron chi connectivity index (χ1n) is 9.16. The Balaban J connectivity index is 1.70. The summed E-state index contributed by atoms with van der Waals surface area (Å²) in [4.78, 5) is 11.4. The number of nitrogen functional groups attached to an aromatic ring is 1. The zero-order valence-electron chi connectivity index (χ0n) is 15.4. The average Bonchev–Trinajstić information content (AvgIpc) is 3.38. The molecule has 5 aromatic rings. The first kappa shape index (κ1) is 17.6. The maximum absolute atomic E-state index is 9.65. The van der Waals surface area contributed by atoms with Crippen LogP contribution < -0.4 is 10.6 Å². The van der Waals surface area contributed by atoms with Gasteiger partial charge in [-0.05, 0) is 35.7 Å². The molecule has 0 spiro atoms. The summed E-state index contributed by atoms with van der Waals surface area (Å²) in [6.45, 7) is 0.358. The molecular formula is C21H18N6OS. The van der Waals surface area contributed by atoms with Crippen LogP contribution in [0.25, 0.3) is 31.4 Å². The van der Waals surface area contributed by atoms with Gasteiger partial charge in [-0.25, -0.2) is 4.98 Å². The number of hydrogen-bond donors (Lipinski definition) is 3. The number of nitrogens with zero attached hydrogens (tertiary/aromatic N) is 4. The number of aromatic amines is 1. The number of rotatable bonds is 5. The Morgan fingerprint density at radius 3 is 2.83 bits per heavy atom. The number of nitrogens with two attached hydrogens (primary N) is 1. The van der Waals surface area contributed by atoms with Gasteiger partial charge >= 0.3 is 0 Å². The SMILES string of the molecule is Nc1nccc(N(CCO)c2cc(-c3cc4ccccc4s3)c3[nH]ncc3c2)n1. The summed E-state index contributed by atoms with van der Waals surface area (Å²) in [6.07, 6.45) is 3.42. The lowest BCUT2D eigenvalue weighted by molar-refractivity contribution is 0.305. The molecule has 0 radical (unpaired) electrons. The highest BCUT2D eigenvalue weighted by molar-refractivity contribution is 7.22. The first-order valence-corrected chi connectivity index (χ1v) is 9.97. The Bertz CT molecular complexity index is 1280. The second-order valence-corrected chi connectivity index (χ2v) is 7.71. The van der Waals surface area contributed by atoms with E-state index in [0.29, 0.717) is 12.4 Å². The molecule has 0 aliphatic heterocycles. The molecule has 0 aliphatic rings. The summed E-state index contributed by atoms with van der Waals surface area (Å²) in [5, 5.41) is 19.2. The minimum Gasteiger partial charge on any atom is -0.395 e. The van der Waals surface area contributed by atoms with E-state index in [1.165, 1.54) is 10.1 Å². The number of hydrogen-bond acceptors (Lipinski definition) is 7. The fraction of sp³-hybridized carbons (Fsp3) is 0.0952. The van der Waals surface area contributed by atoms with Crippen molar-refractivity contribution in [1.29, 1.82) is 0 Å². The van der Waals surface area contributed by atoms with E-state index in [9.17, 15) is 5.11 Å². The van der Waals surface area contributed by atoms with Gasteiger partial charge in [0.25, 0.3) is 0 Å². The lowest BCUT2D eigenvalue weighted by Crippen LogP contribution is -2.22. The summed E-state index contributed by atoms with van der Waals surface area (Å²) in [5.74, 6) is 0.830. The number of fused-ring (bicyclic) bond motifs is 2. The van der Waals surface area contributed by atoms with Crippen molar-refractivity contribution >= 4 is 49.8 Å². The van der Waals surface area contributed by atoms with Crippen molar-refractivity contribution in [2.45, 2.75) is 0 Å². The molecule has 29 heavy (non-hydrogen) atoms. The molecule has 0 unspecified atom stereocenters. The minimum absolute atomic E-state index is 0.0223. The van der Waals surface area contributed by atoms with Crippen LogP contribution in [0.5, 0.6) is 0 Å². The minimum atomic E-state index is -0.0223. The number of thiophene rings is 1. The first-order chi connectivity index (χ1) is 14.2. The molecule has 0 amide bonds. The Labute approximate surface area is 170 Å². The van der Waals surface area contributed by atoms with Gasteiger partial charge in [0.05, 0.1) is 18.3 Å². The number of nitrogens with one attached hydrogen (secondary N) is 1. The van der Waals surface area contributed by atoms with E-state index < -0.39 is 0 Å². The van der Waals surface area contributed by atoms with Crippen molar-refractivity contribution in [3.05, 3.63) is 60.9 Å². The normalized spacial score (nSPS) is 11.3. The lowest BCUT2D eigenvalue weighted by Gasteiger charge is -2.23. The smallest absolute Gasteiger partial charge is 0.221 e. The van der Waals surface area contributed by atoms with Crippen LogP contribution in [0, 0.1) is 0 Å². The zero-order chi connectivity index (χ0) is 19.8. The van der Waals surface area contributed by atoms with Crippen LogP contribution >= 0.6 is 11.3 Å². The number of H-pyrrole nitrogens is 1. The molecule has 3 heterocycles. The highest BCUT2D eigenvalue weighted by atomic mass is 32.1. The summed E-state index contributed by atoms with van der Waals surface area (Å²) in [5.41, 5.74) is 8.72. The molecule has 0 atom stereocenters. The second-order valence-electron chi connectivity index (χ2n) is 6.62. The summed E-state index contributed by atoms with van der Waals surface area (Å²) in [6, 6.07) is 16.4. The van der Waals surface area contributed by atoms with E-state index in [1.54, 1.807) is 29.8 Å². The van der Waals surface area contributed by atoms with Gasteiger partial charge in [-0.15, -0.1) is 11.3 Å². The highest BCUT2D eigenvalue weighted by Gasteiger charge is 2.17. The standard InChI is InChI=1S/C21H18N6OS/c22-21-23-6-5-19(25-21)27(7-8-28)15-9-14-12-24-26-20(14)16(11-15)18-10-13-3-1-2-4-17(13)29-18/h1-6,9-12,28H,7-8H2,(H,24,26)(H2,22,23,25). The fourth-order valence-corrected chi connectivity index (χ4v) is 4.58. The van der Waals surface area contributed by atoms with Crippen molar-refractivity contribution in [1.82, 2.24) is 20.2 Å². The average molecular weight is 402 g/mol. The van der Waals surface area contributed by atoms with Gasteiger partial charge < -0.3 is 15.7 Å². The van der Waals surface area contributed by atoms with Crippen LogP contribution in [0.3, 0.4) is 0 Å². The van der Waals surface area contributed by atoms with Crippen LogP contribution in [-0.4, -0.2) is 38.4 Å². The summed E-state index contributed by atoms with van der Waals surface area (Å²) < 4.78 is 1.23. The zero-order valence-corrected chi connectivity index (χ0v) is 16.2. The molecule has 0 saturated carbocycles. The third kappa shape index (κ3) is 3.18. The van der Waals surface area contributed by atoms with E-state index in [0.717, 1.165) is 27.0 Å². The number of aliphatic hydroxyl groups is 1. The quantitative estimate of drug-likeness (QED) is 0.411. The van der Waals surface area contributed by atoms with Crippen molar-refractivity contribution in [3.8, 4) is 10.4 Å². The predicted octanol–water partition coefficient (Wildman–Crippen LogP) is 3.95. The molecule has 2 aromatic carbocycles. The molecule has 0 fully saturated rings. The number of anilines is 3. The van der Waals surface area contributed by atoms with E-state index in [4.69, 9.17) is 5.73 Å². The van der Waals surface area contributed by atoms with Crippen molar-refractivity contribution < 1.29 is 5.11 Å². The Hall–Kier alpha value is -3.49. The fourth-order valence-electron chi connectivity index (χ4n) is 3.50. The molecule has 0 aliphatic carbocycles. The van der Waals surface area contributed by atoms with E-state index in [1.807, 2.05) is 23.1 Å². The maximum atomic E-state index is 9.65. The van der Waals surface area contributed by atoms with Gasteiger partial charge in [-0.3, -0.25) is 5.10 Å². The number of aliphatic hydroxyl groups excluding tert-OH is 1. The van der Waals surface area contributed by atoms with Crippen molar-refractivity contribution in [3.63, 3.8) is 0 Å². The molecule has 3 aromatic heterocycles. The summed E-state index contributed by atoms with van der Waals surface area (Å²) >= 11 is 1.74. The van der Waals surface area contributed by atoms with Crippen molar-refractivity contribution in [2.75, 3.05) is 23.8 Å². The maximum Gasteiger partial charge on any atom is 0.221 e. The second kappa shape index (κ2) is 7.16. The third-order valence-corrected chi connectivity index (χ3v) is 5.95. The largest absolute Gasteiger partial charge is 0.395 e. The number of aromatic nitrogens is 4. The lowest BCUT2D eigenvalue weighted by atomic mass is 10.1. The van der Waals surface area contributed by atoms with E-state index in [2.05, 4.69) is 44.4 Å². The third-order valence-electron chi connectivity index (χ3n) is 4.80. The van der Waals surface area contributed by atoms with Gasteiger partial charge in [0.1, 0.15) is 5.82 Å². The Morgan fingerprint density at radius 2 is 2.00 bits per heavy atom. The van der Waals surface area contributed by atoms with Crippen molar-refractivity contribution in [2.24, 2.45) is 0 Å². The van der Waals surface area contributed by atoms with Gasteiger partial charge in [-0.1, -0.05) is 18.2 Å². The monoisotopic (exact) mass is 402 g/mol. The topological polar surface area (TPSA) is 104 Å². The van der Waals surface area contributed by atoms with Crippen LogP contribution in [0.15, 0.2) is 60.9 Å². The Morgan fingerprint density at radius 1 is 1.10 bits per heavy atom. The molecule has 144 valence electrons. The molecule has 8 heteroatoms. The van der Waals surface area contributed by atoms with Crippen LogP contribution in [0.4, 0.5) is 17.5 Å². The van der Waals surface area contributed by atoms with Crippen LogP contribution in [0.2, 0.25) is 0 Å². The molecule has 5 rings (SSSR count). The molecule has 0 saturated heterocycles. The number of benzene rings is 2. The highest BCUT2D eigenvalue weighted by Crippen LogP contribution is 2.39. The summed E-state index contributed by atoms with van der Waals surface area (Å²) in [7, 11) is 0. The molecular weight excluding hydrogens is 384 g/mol. The molecule has 4 N–H and O–H groups in total. The predicted molar refractivity (Wildman–Crippen MR) is 117 cm³/mol. The van der Waals surface area contributed by atoms with E-state index in [-0.39, 0.29) is 12.6 Å². The van der Waals surface area contributed by atoms with E-state index >= 15 is 0 Å². The van der Waals surface area contributed by atoms with Gasteiger partial charge in [0.2, 0.25) is 5.95 Å². The van der Waals surface area contributed by atoms with Gasteiger partial charge in [-0.2, -0.15) is 10.1 Å². The van der Waals surface area contributed by atoms with Gasteiger partial charge in [0.15, 0.2) is 0 Å². The molecule has 7 nitrogen and oxygen atoms in total. The Kier molecular flexibility index (Phi) is 4.34. The van der Waals surface area contributed by atoms with Crippen LogP contribution in [0.1, 0.15) is 0 Å².